The van der Waals surface area contributed by atoms with Gasteiger partial charge >= 0.3 is 0 Å². The first-order chi connectivity index (χ1) is 8.19. The predicted octanol–water partition coefficient (Wildman–Crippen LogP) is 1.89. The van der Waals surface area contributed by atoms with Crippen molar-refractivity contribution in [3.8, 4) is 0 Å². The summed E-state index contributed by atoms with van der Waals surface area (Å²) in [6.45, 7) is 3.48. The average Bonchev–Trinajstić information content (AvgIpc) is 2.34. The zero-order chi connectivity index (χ0) is 12.7. The van der Waals surface area contributed by atoms with E-state index in [9.17, 15) is 5.11 Å². The molecule has 0 saturated heterocycles. The number of aliphatic hydroxyl groups is 2. The maximum atomic E-state index is 9.35. The van der Waals surface area contributed by atoms with E-state index in [1.165, 1.54) is 11.8 Å². The average molecular weight is 276 g/mol. The van der Waals surface area contributed by atoms with Crippen molar-refractivity contribution < 1.29 is 10.2 Å². The molecule has 1 unspecified atom stereocenters. The third-order valence-electron chi connectivity index (χ3n) is 2.24. The van der Waals surface area contributed by atoms with Gasteiger partial charge in [-0.25, -0.2) is 0 Å². The van der Waals surface area contributed by atoms with E-state index in [1.54, 1.807) is 0 Å². The van der Waals surface area contributed by atoms with E-state index in [4.69, 9.17) is 16.7 Å². The third kappa shape index (κ3) is 4.85. The van der Waals surface area contributed by atoms with Crippen molar-refractivity contribution in [2.45, 2.75) is 24.5 Å². The van der Waals surface area contributed by atoms with Gasteiger partial charge in [-0.1, -0.05) is 30.7 Å². The SMILES string of the molecule is CCNCc1cccc(Cl)c1SCC(O)CO. The molecule has 1 aromatic carbocycles. The van der Waals surface area contributed by atoms with E-state index < -0.39 is 6.10 Å². The molecular formula is C12H18ClNO2S. The fraction of sp³-hybridized carbons (Fsp3) is 0.500. The summed E-state index contributed by atoms with van der Waals surface area (Å²) < 4.78 is 0. The number of halogens is 1. The third-order valence-corrected chi connectivity index (χ3v) is 3.99. The molecule has 3 nitrogen and oxygen atoms in total. The number of thioether (sulfide) groups is 1. The number of hydrogen-bond acceptors (Lipinski definition) is 4. The first-order valence-corrected chi connectivity index (χ1v) is 6.95. The van der Waals surface area contributed by atoms with Gasteiger partial charge < -0.3 is 15.5 Å². The molecule has 0 aromatic heterocycles. The molecule has 0 spiro atoms. The largest absolute Gasteiger partial charge is 0.394 e. The molecule has 0 aliphatic heterocycles. The Morgan fingerprint density at radius 2 is 2.24 bits per heavy atom. The van der Waals surface area contributed by atoms with Crippen LogP contribution in [-0.4, -0.2) is 35.2 Å². The molecule has 3 N–H and O–H groups in total. The van der Waals surface area contributed by atoms with E-state index >= 15 is 0 Å². The summed E-state index contributed by atoms with van der Waals surface area (Å²) in [4.78, 5) is 0.975. The summed E-state index contributed by atoms with van der Waals surface area (Å²) in [5.74, 6) is 0.444. The van der Waals surface area contributed by atoms with Gasteiger partial charge in [-0.3, -0.25) is 0 Å². The molecule has 0 saturated carbocycles. The van der Waals surface area contributed by atoms with Gasteiger partial charge in [-0.05, 0) is 18.2 Å². The lowest BCUT2D eigenvalue weighted by Crippen LogP contribution is -2.16. The van der Waals surface area contributed by atoms with Crippen molar-refractivity contribution in [3.05, 3.63) is 28.8 Å². The first kappa shape index (κ1) is 14.8. The monoisotopic (exact) mass is 275 g/mol. The summed E-state index contributed by atoms with van der Waals surface area (Å²) >= 11 is 7.62. The molecule has 0 bridgehead atoms. The quantitative estimate of drug-likeness (QED) is 0.666. The van der Waals surface area contributed by atoms with Crippen LogP contribution in [0.1, 0.15) is 12.5 Å². The summed E-state index contributed by atoms with van der Waals surface area (Å²) in [6.07, 6.45) is -0.705. The highest BCUT2D eigenvalue weighted by Gasteiger charge is 2.10. The Kier molecular flexibility index (Phi) is 6.92. The maximum Gasteiger partial charge on any atom is 0.0864 e. The molecule has 0 radical (unpaired) electrons. The van der Waals surface area contributed by atoms with Gasteiger partial charge in [0.15, 0.2) is 0 Å². The molecule has 0 heterocycles. The van der Waals surface area contributed by atoms with Gasteiger partial charge in [0.05, 0.1) is 17.7 Å². The minimum atomic E-state index is -0.705. The standard InChI is InChI=1S/C12H18ClNO2S/c1-2-14-6-9-4-3-5-11(13)12(9)17-8-10(16)7-15/h3-5,10,14-16H,2,6-8H2,1H3. The molecule has 1 atom stereocenters. The highest BCUT2D eigenvalue weighted by atomic mass is 35.5. The van der Waals surface area contributed by atoms with Crippen LogP contribution in [0.3, 0.4) is 0 Å². The fourth-order valence-corrected chi connectivity index (χ4v) is 2.70. The highest BCUT2D eigenvalue weighted by Crippen LogP contribution is 2.31. The van der Waals surface area contributed by atoms with Gasteiger partial charge in [-0.15, -0.1) is 11.8 Å². The van der Waals surface area contributed by atoms with E-state index in [0.29, 0.717) is 10.8 Å². The second-order valence-electron chi connectivity index (χ2n) is 3.66. The van der Waals surface area contributed by atoms with Crippen molar-refractivity contribution in [3.63, 3.8) is 0 Å². The minimum Gasteiger partial charge on any atom is -0.394 e. The van der Waals surface area contributed by atoms with Gasteiger partial charge in [-0.2, -0.15) is 0 Å². The first-order valence-electron chi connectivity index (χ1n) is 5.58. The lowest BCUT2D eigenvalue weighted by molar-refractivity contribution is 0.113. The Bertz CT molecular complexity index is 349. The van der Waals surface area contributed by atoms with Crippen molar-refractivity contribution >= 4 is 23.4 Å². The Hall–Kier alpha value is -0.260. The van der Waals surface area contributed by atoms with Crippen LogP contribution in [0, 0.1) is 0 Å². The van der Waals surface area contributed by atoms with Crippen LogP contribution in [0.5, 0.6) is 0 Å². The Labute approximate surface area is 111 Å². The molecule has 0 amide bonds. The fourth-order valence-electron chi connectivity index (χ4n) is 1.35. The highest BCUT2D eigenvalue weighted by molar-refractivity contribution is 7.99. The van der Waals surface area contributed by atoms with Crippen LogP contribution in [0.25, 0.3) is 0 Å². The molecule has 0 aliphatic carbocycles. The molecule has 1 aromatic rings. The van der Waals surface area contributed by atoms with Gasteiger partial charge in [0, 0.05) is 17.2 Å². The molecule has 1 rings (SSSR count). The van der Waals surface area contributed by atoms with E-state index in [0.717, 1.165) is 23.5 Å². The van der Waals surface area contributed by atoms with Crippen molar-refractivity contribution in [1.29, 1.82) is 0 Å². The molecule has 0 aliphatic rings. The zero-order valence-electron chi connectivity index (χ0n) is 9.82. The molecule has 0 fully saturated rings. The zero-order valence-corrected chi connectivity index (χ0v) is 11.4. The van der Waals surface area contributed by atoms with E-state index in [-0.39, 0.29) is 6.61 Å². The van der Waals surface area contributed by atoms with Gasteiger partial charge in [0.2, 0.25) is 0 Å². The van der Waals surface area contributed by atoms with Crippen molar-refractivity contribution in [2.24, 2.45) is 0 Å². The van der Waals surface area contributed by atoms with Crippen LogP contribution in [0.4, 0.5) is 0 Å². The second-order valence-corrected chi connectivity index (χ2v) is 5.09. The summed E-state index contributed by atoms with van der Waals surface area (Å²) in [5.41, 5.74) is 1.12. The van der Waals surface area contributed by atoms with Crippen LogP contribution < -0.4 is 5.32 Å². The number of aliphatic hydroxyl groups excluding tert-OH is 2. The lowest BCUT2D eigenvalue weighted by atomic mass is 10.2. The van der Waals surface area contributed by atoms with Crippen molar-refractivity contribution in [2.75, 3.05) is 18.9 Å². The number of rotatable bonds is 7. The van der Waals surface area contributed by atoms with E-state index in [1.807, 2.05) is 25.1 Å². The molecule has 96 valence electrons. The predicted molar refractivity (Wildman–Crippen MR) is 72.6 cm³/mol. The van der Waals surface area contributed by atoms with Gasteiger partial charge in [0.1, 0.15) is 0 Å². The van der Waals surface area contributed by atoms with Crippen LogP contribution in [0.2, 0.25) is 5.02 Å². The summed E-state index contributed by atoms with van der Waals surface area (Å²) in [7, 11) is 0. The second kappa shape index (κ2) is 7.95. The lowest BCUT2D eigenvalue weighted by Gasteiger charge is -2.13. The Morgan fingerprint density at radius 3 is 2.88 bits per heavy atom. The summed E-state index contributed by atoms with van der Waals surface area (Å²) in [5, 5.41) is 22.1. The normalized spacial score (nSPS) is 12.7. The maximum absolute atomic E-state index is 9.35. The minimum absolute atomic E-state index is 0.222. The molecule has 5 heteroatoms. The number of nitrogens with one attached hydrogen (secondary N) is 1. The van der Waals surface area contributed by atoms with E-state index in [2.05, 4.69) is 5.32 Å². The van der Waals surface area contributed by atoms with Crippen LogP contribution >= 0.6 is 23.4 Å². The van der Waals surface area contributed by atoms with Crippen LogP contribution in [0.15, 0.2) is 23.1 Å². The molecule has 17 heavy (non-hydrogen) atoms. The summed E-state index contributed by atoms with van der Waals surface area (Å²) in [6, 6.07) is 5.77. The topological polar surface area (TPSA) is 52.5 Å². The van der Waals surface area contributed by atoms with Gasteiger partial charge in [0.25, 0.3) is 0 Å². The van der Waals surface area contributed by atoms with Crippen LogP contribution in [-0.2, 0) is 6.54 Å². The van der Waals surface area contributed by atoms with Crippen molar-refractivity contribution in [1.82, 2.24) is 5.32 Å². The smallest absolute Gasteiger partial charge is 0.0864 e. The Balaban J connectivity index is 2.72. The number of benzene rings is 1. The molecular weight excluding hydrogens is 258 g/mol. The number of hydrogen-bond donors (Lipinski definition) is 3. The Morgan fingerprint density at radius 1 is 1.47 bits per heavy atom.